The Morgan fingerprint density at radius 2 is 1.94 bits per heavy atom. The second-order valence-corrected chi connectivity index (χ2v) is 6.99. The highest BCUT2D eigenvalue weighted by atomic mass is 35.5. The lowest BCUT2D eigenvalue weighted by atomic mass is 10.2. The zero-order valence-electron chi connectivity index (χ0n) is 9.39. The molecule has 2 N–H and O–H groups in total. The first-order valence-electron chi connectivity index (χ1n) is 5.43. The largest absolute Gasteiger partial charge is 0.399 e. The highest BCUT2D eigenvalue weighted by Crippen LogP contribution is 2.21. The molecule has 1 saturated heterocycles. The molecule has 1 heterocycles. The smallest absolute Gasteiger partial charge is 0.152 e. The number of halogens is 1. The van der Waals surface area contributed by atoms with Gasteiger partial charge in [0.2, 0.25) is 0 Å². The van der Waals surface area contributed by atoms with E-state index in [0.29, 0.717) is 30.3 Å². The molecule has 6 heteroatoms. The molecule has 0 saturated carbocycles. The third-order valence-electron chi connectivity index (χ3n) is 2.90. The third-order valence-corrected chi connectivity index (χ3v) is 4.88. The maximum absolute atomic E-state index is 11.3. The number of nitrogen functional groups attached to an aromatic ring is 1. The summed E-state index contributed by atoms with van der Waals surface area (Å²) in [7, 11) is -2.83. The van der Waals surface area contributed by atoms with E-state index in [-0.39, 0.29) is 11.5 Å². The summed E-state index contributed by atoms with van der Waals surface area (Å²) >= 11 is 6.07. The second-order valence-electron chi connectivity index (χ2n) is 4.28. The molecule has 1 aliphatic rings. The van der Waals surface area contributed by atoms with Gasteiger partial charge >= 0.3 is 0 Å². The molecule has 0 radical (unpaired) electrons. The number of anilines is 1. The highest BCUT2D eigenvalue weighted by molar-refractivity contribution is 7.91. The first-order valence-corrected chi connectivity index (χ1v) is 7.63. The van der Waals surface area contributed by atoms with Gasteiger partial charge in [0.25, 0.3) is 0 Å². The van der Waals surface area contributed by atoms with Crippen molar-refractivity contribution < 1.29 is 8.42 Å². The molecule has 0 aliphatic carbocycles. The van der Waals surface area contributed by atoms with Crippen molar-refractivity contribution in [3.05, 3.63) is 28.8 Å². The van der Waals surface area contributed by atoms with Crippen LogP contribution in [0.3, 0.4) is 0 Å². The van der Waals surface area contributed by atoms with Gasteiger partial charge in [0.1, 0.15) is 0 Å². The molecule has 17 heavy (non-hydrogen) atoms. The van der Waals surface area contributed by atoms with E-state index < -0.39 is 9.84 Å². The quantitative estimate of drug-likeness (QED) is 0.822. The molecule has 0 unspecified atom stereocenters. The van der Waals surface area contributed by atoms with Gasteiger partial charge in [-0.3, -0.25) is 4.90 Å². The first kappa shape index (κ1) is 12.7. The minimum atomic E-state index is -2.83. The van der Waals surface area contributed by atoms with Crippen LogP contribution in [-0.2, 0) is 16.4 Å². The maximum atomic E-state index is 11.3. The minimum Gasteiger partial charge on any atom is -0.399 e. The molecular weight excluding hydrogens is 260 g/mol. The summed E-state index contributed by atoms with van der Waals surface area (Å²) in [5.74, 6) is 0.458. The molecule has 94 valence electrons. The van der Waals surface area contributed by atoms with E-state index in [1.165, 1.54) is 0 Å². The van der Waals surface area contributed by atoms with Crippen LogP contribution in [0, 0.1) is 0 Å². The Balaban J connectivity index is 2.05. The fourth-order valence-electron chi connectivity index (χ4n) is 1.87. The zero-order chi connectivity index (χ0) is 12.5. The number of nitrogens with two attached hydrogens (primary N) is 1. The van der Waals surface area contributed by atoms with Crippen molar-refractivity contribution in [2.75, 3.05) is 30.3 Å². The van der Waals surface area contributed by atoms with Crippen LogP contribution >= 0.6 is 11.6 Å². The van der Waals surface area contributed by atoms with E-state index in [1.54, 1.807) is 12.1 Å². The number of rotatable bonds is 2. The molecule has 1 aromatic rings. The maximum Gasteiger partial charge on any atom is 0.152 e. The molecule has 4 nitrogen and oxygen atoms in total. The molecule has 1 aromatic carbocycles. The van der Waals surface area contributed by atoms with E-state index in [0.717, 1.165) is 5.56 Å². The van der Waals surface area contributed by atoms with Gasteiger partial charge in [-0.15, -0.1) is 0 Å². The average Bonchev–Trinajstić information content (AvgIpc) is 2.26. The summed E-state index contributed by atoms with van der Waals surface area (Å²) in [6.07, 6.45) is 0. The van der Waals surface area contributed by atoms with Gasteiger partial charge in [-0.2, -0.15) is 0 Å². The van der Waals surface area contributed by atoms with Gasteiger partial charge in [0.15, 0.2) is 9.84 Å². The molecular formula is C11H15ClN2O2S. The summed E-state index contributed by atoms with van der Waals surface area (Å²) in [5, 5.41) is 0.674. The molecule has 0 amide bonds. The minimum absolute atomic E-state index is 0.229. The predicted octanol–water partition coefficient (Wildman–Crippen LogP) is 1.15. The predicted molar refractivity (Wildman–Crippen MR) is 69.8 cm³/mol. The van der Waals surface area contributed by atoms with E-state index in [9.17, 15) is 8.42 Å². The van der Waals surface area contributed by atoms with Crippen LogP contribution in [-0.4, -0.2) is 37.9 Å². The Morgan fingerprint density at radius 1 is 1.29 bits per heavy atom. The fourth-order valence-corrected chi connectivity index (χ4v) is 3.32. The van der Waals surface area contributed by atoms with Gasteiger partial charge in [-0.25, -0.2) is 8.42 Å². The van der Waals surface area contributed by atoms with E-state index >= 15 is 0 Å². The molecule has 2 rings (SSSR count). The van der Waals surface area contributed by atoms with Crippen molar-refractivity contribution in [1.29, 1.82) is 0 Å². The third kappa shape index (κ3) is 3.34. The van der Waals surface area contributed by atoms with Crippen molar-refractivity contribution in [3.63, 3.8) is 0 Å². The van der Waals surface area contributed by atoms with Crippen LogP contribution in [0.4, 0.5) is 5.69 Å². The van der Waals surface area contributed by atoms with Crippen molar-refractivity contribution in [2.45, 2.75) is 6.54 Å². The molecule has 0 aromatic heterocycles. The van der Waals surface area contributed by atoms with E-state index in [4.69, 9.17) is 17.3 Å². The van der Waals surface area contributed by atoms with Gasteiger partial charge in [0, 0.05) is 30.3 Å². The van der Waals surface area contributed by atoms with Crippen LogP contribution in [0.1, 0.15) is 5.56 Å². The van der Waals surface area contributed by atoms with Gasteiger partial charge in [-0.1, -0.05) is 11.6 Å². The topological polar surface area (TPSA) is 63.4 Å². The second kappa shape index (κ2) is 4.84. The Morgan fingerprint density at radius 3 is 2.59 bits per heavy atom. The molecule has 0 spiro atoms. The summed E-state index contributed by atoms with van der Waals surface area (Å²) in [6, 6.07) is 5.37. The Kier molecular flexibility index (Phi) is 3.61. The fraction of sp³-hybridized carbons (Fsp3) is 0.455. The lowest BCUT2D eigenvalue weighted by molar-refractivity contribution is 0.288. The van der Waals surface area contributed by atoms with E-state index in [1.807, 2.05) is 6.07 Å². The zero-order valence-corrected chi connectivity index (χ0v) is 11.0. The Bertz CT molecular complexity index is 502. The van der Waals surface area contributed by atoms with Gasteiger partial charge < -0.3 is 5.73 Å². The Labute approximate surface area is 106 Å². The number of hydrogen-bond donors (Lipinski definition) is 1. The SMILES string of the molecule is Nc1ccc(Cl)c(CN2CCS(=O)(=O)CC2)c1. The van der Waals surface area contributed by atoms with Crippen LogP contribution < -0.4 is 5.73 Å². The lowest BCUT2D eigenvalue weighted by Crippen LogP contribution is -2.39. The monoisotopic (exact) mass is 274 g/mol. The van der Waals surface area contributed by atoms with E-state index in [2.05, 4.69) is 4.90 Å². The summed E-state index contributed by atoms with van der Waals surface area (Å²) in [4.78, 5) is 2.09. The summed E-state index contributed by atoms with van der Waals surface area (Å²) < 4.78 is 22.6. The first-order chi connectivity index (χ1) is 7.96. The van der Waals surface area contributed by atoms with Crippen molar-refractivity contribution in [3.8, 4) is 0 Å². The molecule has 1 aliphatic heterocycles. The number of sulfone groups is 1. The highest BCUT2D eigenvalue weighted by Gasteiger charge is 2.21. The molecule has 0 atom stereocenters. The molecule has 0 bridgehead atoms. The summed E-state index contributed by atoms with van der Waals surface area (Å²) in [6.45, 7) is 1.78. The van der Waals surface area contributed by atoms with Crippen molar-refractivity contribution >= 4 is 27.1 Å². The average molecular weight is 275 g/mol. The van der Waals surface area contributed by atoms with Crippen LogP contribution in [0.5, 0.6) is 0 Å². The van der Waals surface area contributed by atoms with Gasteiger partial charge in [-0.05, 0) is 23.8 Å². The standard InChI is InChI=1S/C11H15ClN2O2S/c12-11-2-1-10(13)7-9(11)8-14-3-5-17(15,16)6-4-14/h1-2,7H,3-6,8,13H2. The normalized spacial score (nSPS) is 20.3. The van der Waals surface area contributed by atoms with Crippen LogP contribution in [0.2, 0.25) is 5.02 Å². The molecule has 1 fully saturated rings. The number of nitrogens with zero attached hydrogens (tertiary/aromatic N) is 1. The Hall–Kier alpha value is -0.780. The van der Waals surface area contributed by atoms with Crippen molar-refractivity contribution in [1.82, 2.24) is 4.90 Å². The summed E-state index contributed by atoms with van der Waals surface area (Å²) in [5.41, 5.74) is 7.33. The van der Waals surface area contributed by atoms with Crippen LogP contribution in [0.25, 0.3) is 0 Å². The lowest BCUT2D eigenvalue weighted by Gasteiger charge is -2.26. The van der Waals surface area contributed by atoms with Crippen molar-refractivity contribution in [2.24, 2.45) is 0 Å². The number of benzene rings is 1. The van der Waals surface area contributed by atoms with Crippen LogP contribution in [0.15, 0.2) is 18.2 Å². The van der Waals surface area contributed by atoms with Gasteiger partial charge in [0.05, 0.1) is 11.5 Å². The number of hydrogen-bond acceptors (Lipinski definition) is 4.